The van der Waals surface area contributed by atoms with Gasteiger partial charge in [0.15, 0.2) is 0 Å². The molecule has 2 unspecified atom stereocenters. The molecule has 4 rings (SSSR count). The molecule has 2 atom stereocenters. The molecule has 0 spiro atoms. The van der Waals surface area contributed by atoms with E-state index < -0.39 is 0 Å². The molecule has 5 heteroatoms. The smallest absolute Gasteiger partial charge is 0.222 e. The van der Waals surface area contributed by atoms with Gasteiger partial charge < -0.3 is 20.4 Å². The summed E-state index contributed by atoms with van der Waals surface area (Å²) in [5.41, 5.74) is 9.81. The fraction of sp³-hybridized carbons (Fsp3) is 0.318. The predicted molar refractivity (Wildman–Crippen MR) is 107 cm³/mol. The first-order chi connectivity index (χ1) is 13.2. The highest BCUT2D eigenvalue weighted by Crippen LogP contribution is 2.28. The predicted octanol–water partition coefficient (Wildman–Crippen LogP) is 3.06. The van der Waals surface area contributed by atoms with E-state index in [1.165, 1.54) is 10.9 Å². The van der Waals surface area contributed by atoms with Gasteiger partial charge >= 0.3 is 0 Å². The van der Waals surface area contributed by atoms with Crippen molar-refractivity contribution in [3.8, 4) is 5.75 Å². The van der Waals surface area contributed by atoms with E-state index in [0.717, 1.165) is 23.3 Å². The first-order valence-electron chi connectivity index (χ1n) is 9.38. The lowest BCUT2D eigenvalue weighted by molar-refractivity contribution is -0.130. The molecular formula is C22H25N3O2. The number of benzene rings is 2. The summed E-state index contributed by atoms with van der Waals surface area (Å²) in [6.07, 6.45) is 3.25. The molecule has 140 valence electrons. The summed E-state index contributed by atoms with van der Waals surface area (Å²) in [4.78, 5) is 17.9. The Labute approximate surface area is 159 Å². The summed E-state index contributed by atoms with van der Waals surface area (Å²) in [7, 11) is 1.66. The van der Waals surface area contributed by atoms with Crippen LogP contribution in [-0.4, -0.2) is 42.0 Å². The van der Waals surface area contributed by atoms with Crippen molar-refractivity contribution in [3.63, 3.8) is 0 Å². The van der Waals surface area contributed by atoms with Crippen molar-refractivity contribution in [1.29, 1.82) is 0 Å². The number of nitrogens with zero attached hydrogens (tertiary/aromatic N) is 1. The second kappa shape index (κ2) is 7.45. The van der Waals surface area contributed by atoms with Crippen LogP contribution in [0, 0.1) is 0 Å². The molecule has 1 amide bonds. The molecule has 0 radical (unpaired) electrons. The van der Waals surface area contributed by atoms with Gasteiger partial charge in [-0.15, -0.1) is 0 Å². The second-order valence-corrected chi connectivity index (χ2v) is 7.20. The van der Waals surface area contributed by atoms with Gasteiger partial charge in [0.1, 0.15) is 5.75 Å². The van der Waals surface area contributed by atoms with Crippen LogP contribution in [0.1, 0.15) is 23.5 Å². The maximum Gasteiger partial charge on any atom is 0.222 e. The van der Waals surface area contributed by atoms with Crippen molar-refractivity contribution in [2.45, 2.75) is 24.8 Å². The number of nitrogens with two attached hydrogens (primary N) is 1. The number of carbonyl (C=O) groups excluding carboxylic acids is 1. The van der Waals surface area contributed by atoms with E-state index in [4.69, 9.17) is 10.5 Å². The molecule has 1 aliphatic rings. The van der Waals surface area contributed by atoms with Crippen LogP contribution >= 0.6 is 0 Å². The van der Waals surface area contributed by atoms with Crippen molar-refractivity contribution in [2.75, 3.05) is 20.2 Å². The fourth-order valence-electron chi connectivity index (χ4n) is 3.97. The van der Waals surface area contributed by atoms with Crippen LogP contribution in [0.25, 0.3) is 10.9 Å². The minimum atomic E-state index is -0.0320. The van der Waals surface area contributed by atoms with Crippen molar-refractivity contribution >= 4 is 16.8 Å². The standard InChI is InChI=1S/C22H25N3O2/c1-27-17-9-6-15(7-10-17)19-13-25(14-20(19)23)22(26)11-8-16-12-24-21-5-3-2-4-18(16)21/h2-7,9-10,12,19-20,24H,8,11,13-14,23H2,1H3. The Morgan fingerprint density at radius 1 is 1.19 bits per heavy atom. The number of carbonyl (C=O) groups is 1. The van der Waals surface area contributed by atoms with Crippen molar-refractivity contribution in [3.05, 3.63) is 65.9 Å². The SMILES string of the molecule is COc1ccc(C2CN(C(=O)CCc3c[nH]c4ccccc34)CC2N)cc1. The fourth-order valence-corrected chi connectivity index (χ4v) is 3.97. The van der Waals surface area contributed by atoms with Crippen LogP contribution in [0.3, 0.4) is 0 Å². The monoisotopic (exact) mass is 363 g/mol. The molecule has 2 heterocycles. The summed E-state index contributed by atoms with van der Waals surface area (Å²) < 4.78 is 5.22. The zero-order valence-electron chi connectivity index (χ0n) is 15.5. The number of H-pyrrole nitrogens is 1. The quantitative estimate of drug-likeness (QED) is 0.732. The van der Waals surface area contributed by atoms with Crippen LogP contribution in [0.2, 0.25) is 0 Å². The molecule has 5 nitrogen and oxygen atoms in total. The number of likely N-dealkylation sites (tertiary alicyclic amines) is 1. The highest BCUT2D eigenvalue weighted by atomic mass is 16.5. The van der Waals surface area contributed by atoms with Crippen molar-refractivity contribution in [1.82, 2.24) is 9.88 Å². The normalized spacial score (nSPS) is 19.6. The second-order valence-electron chi connectivity index (χ2n) is 7.20. The van der Waals surface area contributed by atoms with Gasteiger partial charge in [-0.1, -0.05) is 30.3 Å². The van der Waals surface area contributed by atoms with Gasteiger partial charge in [0.05, 0.1) is 7.11 Å². The van der Waals surface area contributed by atoms with Crippen LogP contribution in [0.5, 0.6) is 5.75 Å². The van der Waals surface area contributed by atoms with Gasteiger partial charge in [0, 0.05) is 48.6 Å². The molecule has 3 N–H and O–H groups in total. The molecule has 0 aliphatic carbocycles. The zero-order chi connectivity index (χ0) is 18.8. The number of fused-ring (bicyclic) bond motifs is 1. The van der Waals surface area contributed by atoms with Crippen LogP contribution in [0.15, 0.2) is 54.7 Å². The number of hydrogen-bond acceptors (Lipinski definition) is 3. The average Bonchev–Trinajstić information content (AvgIpc) is 3.30. The van der Waals surface area contributed by atoms with Crippen LogP contribution in [0.4, 0.5) is 0 Å². The van der Waals surface area contributed by atoms with Crippen molar-refractivity contribution < 1.29 is 9.53 Å². The van der Waals surface area contributed by atoms with Crippen molar-refractivity contribution in [2.24, 2.45) is 5.73 Å². The number of aromatic nitrogens is 1. The number of ether oxygens (including phenoxy) is 1. The first kappa shape index (κ1) is 17.6. The molecule has 3 aromatic rings. The lowest BCUT2D eigenvalue weighted by Gasteiger charge is -2.16. The first-order valence-corrected chi connectivity index (χ1v) is 9.38. The number of methoxy groups -OCH3 is 1. The number of para-hydroxylation sites is 1. The minimum Gasteiger partial charge on any atom is -0.497 e. The molecule has 0 bridgehead atoms. The number of nitrogens with one attached hydrogen (secondary N) is 1. The summed E-state index contributed by atoms with van der Waals surface area (Å²) >= 11 is 0. The van der Waals surface area contributed by atoms with E-state index in [-0.39, 0.29) is 17.9 Å². The Morgan fingerprint density at radius 2 is 1.96 bits per heavy atom. The van der Waals surface area contributed by atoms with E-state index >= 15 is 0 Å². The Bertz CT molecular complexity index is 932. The lowest BCUT2D eigenvalue weighted by atomic mass is 9.95. The molecule has 1 aliphatic heterocycles. The molecule has 0 saturated carbocycles. The summed E-state index contributed by atoms with van der Waals surface area (Å²) in [5, 5.41) is 1.19. The van der Waals surface area contributed by atoms with Gasteiger partial charge in [-0.25, -0.2) is 0 Å². The molecular weight excluding hydrogens is 338 g/mol. The largest absolute Gasteiger partial charge is 0.497 e. The Morgan fingerprint density at radius 3 is 2.74 bits per heavy atom. The topological polar surface area (TPSA) is 71.3 Å². The maximum absolute atomic E-state index is 12.7. The highest BCUT2D eigenvalue weighted by molar-refractivity contribution is 5.84. The third kappa shape index (κ3) is 3.55. The van der Waals surface area contributed by atoms with E-state index in [2.05, 4.69) is 17.1 Å². The van der Waals surface area contributed by atoms with Gasteiger partial charge in [0.25, 0.3) is 0 Å². The van der Waals surface area contributed by atoms with E-state index in [9.17, 15) is 4.79 Å². The molecule has 1 aromatic heterocycles. The van der Waals surface area contributed by atoms with E-state index in [1.54, 1.807) is 7.11 Å². The van der Waals surface area contributed by atoms with E-state index in [0.29, 0.717) is 19.5 Å². The number of aryl methyl sites for hydroxylation is 1. The summed E-state index contributed by atoms with van der Waals surface area (Å²) in [5.74, 6) is 1.18. The Balaban J connectivity index is 1.39. The molecule has 27 heavy (non-hydrogen) atoms. The van der Waals surface area contributed by atoms with Gasteiger partial charge in [-0.05, 0) is 35.7 Å². The zero-order valence-corrected chi connectivity index (χ0v) is 15.5. The third-order valence-electron chi connectivity index (χ3n) is 5.54. The summed E-state index contributed by atoms with van der Waals surface area (Å²) in [6.45, 7) is 1.30. The van der Waals surface area contributed by atoms with Crippen LogP contribution in [-0.2, 0) is 11.2 Å². The maximum atomic E-state index is 12.7. The van der Waals surface area contributed by atoms with Gasteiger partial charge in [0.2, 0.25) is 5.91 Å². The molecule has 1 saturated heterocycles. The van der Waals surface area contributed by atoms with Gasteiger partial charge in [-0.2, -0.15) is 0 Å². The molecule has 1 fully saturated rings. The molecule has 2 aromatic carbocycles. The van der Waals surface area contributed by atoms with E-state index in [1.807, 2.05) is 47.5 Å². The lowest BCUT2D eigenvalue weighted by Crippen LogP contribution is -2.32. The number of amides is 1. The third-order valence-corrected chi connectivity index (χ3v) is 5.54. The highest BCUT2D eigenvalue weighted by Gasteiger charge is 2.33. The average molecular weight is 363 g/mol. The number of rotatable bonds is 5. The minimum absolute atomic E-state index is 0.0320. The van der Waals surface area contributed by atoms with Crippen LogP contribution < -0.4 is 10.5 Å². The summed E-state index contributed by atoms with van der Waals surface area (Å²) in [6, 6.07) is 16.1. The Kier molecular flexibility index (Phi) is 4.86. The van der Waals surface area contributed by atoms with Gasteiger partial charge in [-0.3, -0.25) is 4.79 Å². The Hall–Kier alpha value is -2.79. The number of aromatic amines is 1. The number of hydrogen-bond donors (Lipinski definition) is 2.